The van der Waals surface area contributed by atoms with Crippen LogP contribution in [-0.2, 0) is 6.42 Å². The summed E-state index contributed by atoms with van der Waals surface area (Å²) in [6, 6.07) is 12.1. The second kappa shape index (κ2) is 14.6. The molecule has 0 bridgehead atoms. The zero-order valence-electron chi connectivity index (χ0n) is 17.0. The van der Waals surface area contributed by atoms with E-state index in [1.165, 1.54) is 50.5 Å². The highest BCUT2D eigenvalue weighted by Gasteiger charge is 2.14. The minimum Gasteiger partial charge on any atom is -0.455 e. The van der Waals surface area contributed by atoms with Crippen LogP contribution in [0.15, 0.2) is 49.8 Å². The average molecular weight is 735 g/mol. The van der Waals surface area contributed by atoms with Crippen LogP contribution in [0.1, 0.15) is 57.4 Å². The number of halogens is 5. The zero-order chi connectivity index (χ0) is 21.9. The first-order valence-corrected chi connectivity index (χ1v) is 14.4. The van der Waals surface area contributed by atoms with E-state index in [0.29, 0.717) is 3.74 Å². The summed E-state index contributed by atoms with van der Waals surface area (Å²) in [4.78, 5) is 0. The van der Waals surface area contributed by atoms with E-state index in [-0.39, 0.29) is 0 Å². The number of para-hydroxylation sites is 1. The van der Waals surface area contributed by atoms with Gasteiger partial charge >= 0.3 is 0 Å². The second-order valence-corrected chi connectivity index (χ2v) is 13.0. The molecule has 0 amide bonds. The minimum absolute atomic E-state index is 0.400. The number of rotatable bonds is 13. The molecule has 1 atom stereocenters. The highest BCUT2D eigenvalue weighted by molar-refractivity contribution is 9.24. The van der Waals surface area contributed by atoms with Gasteiger partial charge in [-0.25, -0.2) is 0 Å². The fraction of sp³-hybridized carbons (Fsp3) is 0.478. The van der Waals surface area contributed by atoms with Gasteiger partial charge in [0, 0.05) is 15.9 Å². The molecule has 0 aromatic heterocycles. The summed E-state index contributed by atoms with van der Waals surface area (Å²) in [6.07, 6.45) is 9.46. The second-order valence-electron chi connectivity index (χ2n) is 7.14. The largest absolute Gasteiger partial charge is 0.455 e. The zero-order valence-corrected chi connectivity index (χ0v) is 24.9. The van der Waals surface area contributed by atoms with Gasteiger partial charge < -0.3 is 9.47 Å². The predicted molar refractivity (Wildman–Crippen MR) is 144 cm³/mol. The summed E-state index contributed by atoms with van der Waals surface area (Å²) in [6.45, 7) is 1.92. The van der Waals surface area contributed by atoms with Crippen molar-refractivity contribution in [3.8, 4) is 11.5 Å². The Bertz CT molecular complexity index is 782. The lowest BCUT2D eigenvalue weighted by molar-refractivity contribution is 0.0208. The smallest absolute Gasteiger partial charge is 0.238 e. The number of ether oxygens (including phenoxy) is 2. The van der Waals surface area contributed by atoms with Crippen LogP contribution in [0.4, 0.5) is 0 Å². The van der Waals surface area contributed by atoms with Gasteiger partial charge in [0.05, 0.1) is 8.21 Å². The van der Waals surface area contributed by atoms with Crippen LogP contribution in [0.25, 0.3) is 0 Å². The molecule has 2 aromatic rings. The number of aryl methyl sites for hydroxylation is 1. The van der Waals surface area contributed by atoms with Crippen molar-refractivity contribution >= 4 is 79.6 Å². The molecule has 0 radical (unpaired) electrons. The van der Waals surface area contributed by atoms with Crippen LogP contribution in [0.3, 0.4) is 0 Å². The molecule has 0 aliphatic carbocycles. The molecule has 0 spiro atoms. The van der Waals surface area contributed by atoms with E-state index in [1.54, 1.807) is 0 Å². The van der Waals surface area contributed by atoms with E-state index < -0.39 is 6.29 Å². The Balaban J connectivity index is 1.80. The molecule has 2 aromatic carbocycles. The van der Waals surface area contributed by atoms with Crippen molar-refractivity contribution < 1.29 is 9.47 Å². The van der Waals surface area contributed by atoms with Gasteiger partial charge in [0.1, 0.15) is 11.5 Å². The Kier molecular flexibility index (Phi) is 13.0. The Morgan fingerprint density at radius 1 is 0.733 bits per heavy atom. The van der Waals surface area contributed by atoms with Crippen molar-refractivity contribution in [3.05, 3.63) is 55.4 Å². The third-order valence-corrected chi connectivity index (χ3v) is 8.93. The first-order valence-electron chi connectivity index (χ1n) is 10.2. The standard InChI is InChI=1S/C23H27Br5O2/c1-16(30-20-15-14-18(24)22(27)23(20)28)29-19-12-9-8-11-17(19)10-6-4-2-3-5-7-13-21(25)26/h8-9,11-12,14-16,21H,2-7,10,13H2,1H3. The lowest BCUT2D eigenvalue weighted by Gasteiger charge is -2.20. The molecule has 0 fully saturated rings. The van der Waals surface area contributed by atoms with Gasteiger partial charge in [-0.15, -0.1) is 0 Å². The van der Waals surface area contributed by atoms with E-state index in [2.05, 4.69) is 91.8 Å². The van der Waals surface area contributed by atoms with E-state index in [0.717, 1.165) is 31.3 Å². The number of benzene rings is 2. The summed E-state index contributed by atoms with van der Waals surface area (Å²) < 4.78 is 15.4. The number of alkyl halides is 2. The SMILES string of the molecule is CC(Oc1ccccc1CCCCCCCCC(Br)Br)Oc1ccc(Br)c(Br)c1Br. The van der Waals surface area contributed by atoms with Crippen molar-refractivity contribution in [2.24, 2.45) is 0 Å². The van der Waals surface area contributed by atoms with Gasteiger partial charge in [-0.1, -0.05) is 82.2 Å². The summed E-state index contributed by atoms with van der Waals surface area (Å²) in [5, 5.41) is 0. The molecule has 0 saturated heterocycles. The lowest BCUT2D eigenvalue weighted by atomic mass is 10.0. The van der Waals surface area contributed by atoms with Crippen molar-refractivity contribution in [2.45, 2.75) is 68.3 Å². The van der Waals surface area contributed by atoms with E-state index in [4.69, 9.17) is 9.47 Å². The summed E-state index contributed by atoms with van der Waals surface area (Å²) in [5.74, 6) is 1.64. The third-order valence-electron chi connectivity index (χ3n) is 4.68. The monoisotopic (exact) mass is 730 g/mol. The van der Waals surface area contributed by atoms with E-state index in [9.17, 15) is 0 Å². The molecule has 0 aliphatic heterocycles. The lowest BCUT2D eigenvalue weighted by Crippen LogP contribution is -2.20. The molecule has 0 saturated carbocycles. The Morgan fingerprint density at radius 2 is 1.37 bits per heavy atom. The quantitative estimate of drug-likeness (QED) is 0.0883. The topological polar surface area (TPSA) is 18.5 Å². The number of hydrogen-bond donors (Lipinski definition) is 0. The van der Waals surface area contributed by atoms with Crippen LogP contribution >= 0.6 is 79.6 Å². The Labute approximate surface area is 222 Å². The van der Waals surface area contributed by atoms with Gasteiger partial charge in [-0.2, -0.15) is 0 Å². The van der Waals surface area contributed by atoms with Crippen molar-refractivity contribution in [3.63, 3.8) is 0 Å². The molecular formula is C23H27Br5O2. The first kappa shape index (κ1) is 26.7. The molecule has 0 N–H and O–H groups in total. The van der Waals surface area contributed by atoms with Gasteiger partial charge in [-0.3, -0.25) is 0 Å². The summed E-state index contributed by atoms with van der Waals surface area (Å²) >= 11 is 17.7. The molecule has 0 aliphatic rings. The Morgan fingerprint density at radius 3 is 2.10 bits per heavy atom. The van der Waals surface area contributed by atoms with Gasteiger partial charge in [-0.05, 0) is 90.8 Å². The first-order chi connectivity index (χ1) is 14.4. The molecule has 1 unspecified atom stereocenters. The van der Waals surface area contributed by atoms with Crippen LogP contribution in [0.2, 0.25) is 0 Å². The fourth-order valence-electron chi connectivity index (χ4n) is 3.13. The van der Waals surface area contributed by atoms with E-state index >= 15 is 0 Å². The summed E-state index contributed by atoms with van der Waals surface area (Å²) in [5.41, 5.74) is 1.24. The van der Waals surface area contributed by atoms with Crippen molar-refractivity contribution in [2.75, 3.05) is 0 Å². The molecule has 7 heteroatoms. The van der Waals surface area contributed by atoms with Crippen molar-refractivity contribution in [1.82, 2.24) is 0 Å². The maximum absolute atomic E-state index is 6.13. The highest BCUT2D eigenvalue weighted by Crippen LogP contribution is 2.38. The third kappa shape index (κ3) is 9.51. The molecule has 30 heavy (non-hydrogen) atoms. The fourth-order valence-corrected chi connectivity index (χ4v) is 5.14. The molecule has 166 valence electrons. The predicted octanol–water partition coefficient (Wildman–Crippen LogP) is 10.2. The molecule has 2 rings (SSSR count). The Hall–Kier alpha value is 0.440. The molecule has 2 nitrogen and oxygen atoms in total. The van der Waals surface area contributed by atoms with Crippen LogP contribution in [0, 0.1) is 0 Å². The van der Waals surface area contributed by atoms with Crippen LogP contribution in [-0.4, -0.2) is 10.0 Å². The number of hydrogen-bond acceptors (Lipinski definition) is 2. The normalized spacial score (nSPS) is 12.2. The number of unbranched alkanes of at least 4 members (excludes halogenated alkanes) is 5. The van der Waals surface area contributed by atoms with Gasteiger partial charge in [0.15, 0.2) is 0 Å². The summed E-state index contributed by atoms with van der Waals surface area (Å²) in [7, 11) is 0. The van der Waals surface area contributed by atoms with Gasteiger partial charge in [0.2, 0.25) is 6.29 Å². The average Bonchev–Trinajstić information content (AvgIpc) is 2.71. The maximum atomic E-state index is 6.13. The van der Waals surface area contributed by atoms with Crippen LogP contribution < -0.4 is 9.47 Å². The van der Waals surface area contributed by atoms with Crippen molar-refractivity contribution in [1.29, 1.82) is 0 Å². The maximum Gasteiger partial charge on any atom is 0.238 e. The highest BCUT2D eigenvalue weighted by atomic mass is 79.9. The van der Waals surface area contributed by atoms with E-state index in [1.807, 2.05) is 31.2 Å². The minimum atomic E-state index is -0.400. The molecular weight excluding hydrogens is 708 g/mol. The molecule has 0 heterocycles. The van der Waals surface area contributed by atoms with Gasteiger partial charge in [0.25, 0.3) is 0 Å². The van der Waals surface area contributed by atoms with Crippen LogP contribution in [0.5, 0.6) is 11.5 Å².